The SMILES string of the molecule is C[C@H]1O[C@]2(CS1)CN1CCC2CC1.C[C@H]1O[C@]2(CS1)CN1CCC2CC1.Cl.Cl.O. The van der Waals surface area contributed by atoms with Crippen LogP contribution in [0.2, 0.25) is 0 Å². The normalized spacial score (nSPS) is 49.0. The minimum Gasteiger partial charge on any atom is -0.412 e. The highest BCUT2D eigenvalue weighted by Gasteiger charge is 2.52. The number of ether oxygens (including phenoxy) is 2. The van der Waals surface area contributed by atoms with Gasteiger partial charge in [-0.15, -0.1) is 48.3 Å². The molecule has 29 heavy (non-hydrogen) atoms. The number of nitrogens with zero attached hydrogens (tertiary/aromatic N) is 2. The van der Waals surface area contributed by atoms with Crippen molar-refractivity contribution < 1.29 is 14.9 Å². The van der Waals surface area contributed by atoms with Gasteiger partial charge in [-0.1, -0.05) is 0 Å². The Balaban J connectivity index is 0.000000187. The lowest BCUT2D eigenvalue weighted by atomic mass is 9.76. The van der Waals surface area contributed by atoms with Crippen molar-refractivity contribution in [2.45, 2.75) is 61.6 Å². The number of rotatable bonds is 0. The molecule has 8 saturated heterocycles. The first-order valence-corrected chi connectivity index (χ1v) is 12.7. The smallest absolute Gasteiger partial charge is 0.101 e. The molecule has 0 aliphatic carbocycles. The van der Waals surface area contributed by atoms with Crippen molar-refractivity contribution >= 4 is 48.3 Å². The molecule has 0 saturated carbocycles. The molecule has 0 unspecified atom stereocenters. The average molecular weight is 490 g/mol. The highest BCUT2D eigenvalue weighted by Crippen LogP contribution is 2.47. The first-order chi connectivity index (χ1) is 12.6. The molecule has 8 fully saturated rings. The lowest BCUT2D eigenvalue weighted by Gasteiger charge is -2.50. The fourth-order valence-electron chi connectivity index (χ4n) is 6.16. The van der Waals surface area contributed by atoms with Crippen molar-refractivity contribution in [3.63, 3.8) is 0 Å². The second-order valence-electron chi connectivity index (χ2n) is 9.22. The molecule has 5 nitrogen and oxygen atoms in total. The molecule has 0 aromatic heterocycles. The van der Waals surface area contributed by atoms with Crippen LogP contribution in [0, 0.1) is 11.8 Å². The van der Waals surface area contributed by atoms with Gasteiger partial charge in [0, 0.05) is 24.6 Å². The molecule has 0 aromatic carbocycles. The van der Waals surface area contributed by atoms with Gasteiger partial charge in [-0.3, -0.25) is 0 Å². The first-order valence-electron chi connectivity index (χ1n) is 10.6. The number of hydrogen-bond donors (Lipinski definition) is 0. The zero-order chi connectivity index (χ0) is 17.8. The van der Waals surface area contributed by atoms with Crippen LogP contribution < -0.4 is 0 Å². The maximum absolute atomic E-state index is 6.14. The second-order valence-corrected chi connectivity index (χ2v) is 11.8. The molecule has 2 spiro atoms. The van der Waals surface area contributed by atoms with Crippen molar-refractivity contribution in [1.29, 1.82) is 0 Å². The Hall–Kier alpha value is 1.08. The summed E-state index contributed by atoms with van der Waals surface area (Å²) in [6.07, 6.45) is 5.47. The van der Waals surface area contributed by atoms with Crippen LogP contribution in [0.5, 0.6) is 0 Å². The highest BCUT2D eigenvalue weighted by atomic mass is 35.5. The van der Waals surface area contributed by atoms with Gasteiger partial charge in [-0.05, 0) is 77.5 Å². The third kappa shape index (κ3) is 5.03. The van der Waals surface area contributed by atoms with Crippen molar-refractivity contribution in [1.82, 2.24) is 9.80 Å². The monoisotopic (exact) mass is 488 g/mol. The van der Waals surface area contributed by atoms with Gasteiger partial charge in [0.2, 0.25) is 0 Å². The summed E-state index contributed by atoms with van der Waals surface area (Å²) in [6.45, 7) is 12.0. The number of thioether (sulfide) groups is 2. The zero-order valence-corrected chi connectivity index (χ0v) is 20.9. The molecule has 0 aromatic rings. The van der Waals surface area contributed by atoms with E-state index in [-0.39, 0.29) is 41.5 Å². The predicted octanol–water partition coefficient (Wildman–Crippen LogP) is 3.14. The summed E-state index contributed by atoms with van der Waals surface area (Å²) in [5.41, 5.74) is 1.36. The Kier molecular flexibility index (Phi) is 9.39. The van der Waals surface area contributed by atoms with Crippen LogP contribution in [-0.4, -0.2) is 88.1 Å². The summed E-state index contributed by atoms with van der Waals surface area (Å²) in [7, 11) is 0. The van der Waals surface area contributed by atoms with Crippen LogP contribution in [-0.2, 0) is 9.47 Å². The maximum Gasteiger partial charge on any atom is 0.101 e. The van der Waals surface area contributed by atoms with Gasteiger partial charge >= 0.3 is 0 Å². The lowest BCUT2D eigenvalue weighted by Crippen LogP contribution is -2.60. The zero-order valence-electron chi connectivity index (χ0n) is 17.6. The Labute approximate surface area is 196 Å². The lowest BCUT2D eigenvalue weighted by molar-refractivity contribution is -0.133. The number of hydrogen-bond acceptors (Lipinski definition) is 6. The first kappa shape index (κ1) is 26.3. The standard InChI is InChI=1S/2C10H17NOS.2ClH.H2O/c2*1-8-12-10(7-13-8)6-11-4-2-9(10)3-5-11;;;/h2*8-9H,2-7H2,1H3;2*1H;1H2/t2*8-,10-;;;/m00.../s1. The van der Waals surface area contributed by atoms with Crippen LogP contribution in [0.1, 0.15) is 39.5 Å². The minimum absolute atomic E-state index is 0. The van der Waals surface area contributed by atoms with E-state index in [0.717, 1.165) is 11.8 Å². The molecule has 2 N–H and O–H groups in total. The Morgan fingerprint density at radius 3 is 1.24 bits per heavy atom. The molecule has 8 heterocycles. The number of piperidine rings is 6. The van der Waals surface area contributed by atoms with E-state index < -0.39 is 0 Å². The molecule has 8 rings (SSSR count). The van der Waals surface area contributed by atoms with Crippen molar-refractivity contribution in [2.24, 2.45) is 11.8 Å². The van der Waals surface area contributed by atoms with E-state index in [1.165, 1.54) is 76.5 Å². The minimum atomic E-state index is 0. The molecule has 0 amide bonds. The van der Waals surface area contributed by atoms with Gasteiger partial charge in [0.1, 0.15) is 10.9 Å². The quantitative estimate of drug-likeness (QED) is 0.521. The maximum atomic E-state index is 6.14. The summed E-state index contributed by atoms with van der Waals surface area (Å²) < 4.78 is 12.3. The number of fused-ring (bicyclic) bond motifs is 4. The fourth-order valence-corrected chi connectivity index (χ4v) is 8.50. The van der Waals surface area contributed by atoms with Gasteiger partial charge in [0.25, 0.3) is 0 Å². The van der Waals surface area contributed by atoms with E-state index in [0.29, 0.717) is 10.9 Å². The molecule has 8 aliphatic rings. The average Bonchev–Trinajstić information content (AvgIpc) is 3.20. The molecule has 172 valence electrons. The molecule has 0 radical (unpaired) electrons. The van der Waals surface area contributed by atoms with E-state index in [1.54, 1.807) is 0 Å². The molecule has 4 atom stereocenters. The van der Waals surface area contributed by atoms with Gasteiger partial charge in [0.05, 0.1) is 11.2 Å². The fraction of sp³-hybridized carbons (Fsp3) is 1.00. The summed E-state index contributed by atoms with van der Waals surface area (Å²) in [4.78, 5) is 5.16. The number of halogens is 2. The van der Waals surface area contributed by atoms with Crippen LogP contribution in [0.15, 0.2) is 0 Å². The molecule has 4 bridgehead atoms. The van der Waals surface area contributed by atoms with Gasteiger partial charge < -0.3 is 24.7 Å². The summed E-state index contributed by atoms with van der Waals surface area (Å²) in [6, 6.07) is 0. The molecular formula is C20H38Cl2N2O3S2. The van der Waals surface area contributed by atoms with Gasteiger partial charge in [0.15, 0.2) is 0 Å². The highest BCUT2D eigenvalue weighted by molar-refractivity contribution is 8.00. The van der Waals surface area contributed by atoms with E-state index in [4.69, 9.17) is 9.47 Å². The van der Waals surface area contributed by atoms with Crippen molar-refractivity contribution in [3.05, 3.63) is 0 Å². The molecule has 9 heteroatoms. The van der Waals surface area contributed by atoms with Crippen LogP contribution in [0.4, 0.5) is 0 Å². The van der Waals surface area contributed by atoms with Crippen molar-refractivity contribution in [2.75, 3.05) is 50.8 Å². The van der Waals surface area contributed by atoms with Crippen LogP contribution in [0.25, 0.3) is 0 Å². The second kappa shape index (κ2) is 10.3. The van der Waals surface area contributed by atoms with E-state index in [9.17, 15) is 0 Å². The third-order valence-corrected chi connectivity index (χ3v) is 10.0. The van der Waals surface area contributed by atoms with Gasteiger partial charge in [-0.2, -0.15) is 0 Å². The van der Waals surface area contributed by atoms with Gasteiger partial charge in [-0.25, -0.2) is 0 Å². The van der Waals surface area contributed by atoms with Crippen LogP contribution in [0.3, 0.4) is 0 Å². The Bertz CT molecular complexity index is 490. The third-order valence-electron chi connectivity index (χ3n) is 7.57. The Morgan fingerprint density at radius 2 is 1.03 bits per heavy atom. The van der Waals surface area contributed by atoms with Crippen molar-refractivity contribution in [3.8, 4) is 0 Å². The summed E-state index contributed by atoms with van der Waals surface area (Å²) in [5.74, 6) is 4.18. The van der Waals surface area contributed by atoms with E-state index >= 15 is 0 Å². The van der Waals surface area contributed by atoms with E-state index in [1.807, 2.05) is 23.5 Å². The summed E-state index contributed by atoms with van der Waals surface area (Å²) in [5, 5.41) is 0. The van der Waals surface area contributed by atoms with E-state index in [2.05, 4.69) is 23.6 Å². The topological polar surface area (TPSA) is 56.4 Å². The largest absolute Gasteiger partial charge is 0.412 e. The predicted molar refractivity (Wildman–Crippen MR) is 128 cm³/mol. The summed E-state index contributed by atoms with van der Waals surface area (Å²) >= 11 is 3.99. The van der Waals surface area contributed by atoms with Crippen LogP contribution >= 0.6 is 48.3 Å². The molecular weight excluding hydrogens is 451 g/mol. The molecule has 8 aliphatic heterocycles. The Morgan fingerprint density at radius 1 is 0.690 bits per heavy atom.